The largest absolute Gasteiger partial charge is 0.350 e. The van der Waals surface area contributed by atoms with Gasteiger partial charge in [-0.3, -0.25) is 24.1 Å². The van der Waals surface area contributed by atoms with Gasteiger partial charge in [0.1, 0.15) is 5.82 Å². The van der Waals surface area contributed by atoms with Crippen molar-refractivity contribution >= 4 is 23.6 Å². The summed E-state index contributed by atoms with van der Waals surface area (Å²) in [5, 5.41) is 5.32. The number of carbonyl (C=O) groups is 4. The second-order valence-electron chi connectivity index (χ2n) is 8.05. The first-order valence-electron chi connectivity index (χ1n) is 10.8. The molecule has 4 rings (SSSR count). The summed E-state index contributed by atoms with van der Waals surface area (Å²) >= 11 is 0. The number of amides is 4. The zero-order chi connectivity index (χ0) is 22.7. The minimum Gasteiger partial charge on any atom is -0.350 e. The van der Waals surface area contributed by atoms with E-state index in [0.29, 0.717) is 11.1 Å². The molecule has 32 heavy (non-hydrogen) atoms. The number of benzene rings is 2. The number of fused-ring (bicyclic) bond motifs is 1. The van der Waals surface area contributed by atoms with E-state index in [1.165, 1.54) is 47.4 Å². The fraction of sp³-hybridized carbons (Fsp3) is 0.333. The van der Waals surface area contributed by atoms with Crippen LogP contribution in [0.4, 0.5) is 4.39 Å². The standard InChI is InChI=1S/C24H24FN3O4/c25-17-9-6-15(7-10-17)21(29)26-12-13-27-22(30)16-8-11-19-20(14-16)24(32)28(23(19)31)18-4-2-1-3-5-18/h6-11,14,18H,1-5,12-13H2,(H,26,29)(H,27,30). The highest BCUT2D eigenvalue weighted by Gasteiger charge is 2.40. The fourth-order valence-corrected chi connectivity index (χ4v) is 4.23. The Morgan fingerprint density at radius 1 is 0.812 bits per heavy atom. The van der Waals surface area contributed by atoms with E-state index < -0.39 is 11.7 Å². The molecule has 1 heterocycles. The van der Waals surface area contributed by atoms with E-state index in [0.717, 1.165) is 32.1 Å². The van der Waals surface area contributed by atoms with Crippen molar-refractivity contribution in [2.24, 2.45) is 0 Å². The average Bonchev–Trinajstić information content (AvgIpc) is 3.06. The van der Waals surface area contributed by atoms with Gasteiger partial charge in [-0.25, -0.2) is 4.39 Å². The molecule has 7 nitrogen and oxygen atoms in total. The van der Waals surface area contributed by atoms with Gasteiger partial charge in [0.2, 0.25) is 0 Å². The third kappa shape index (κ3) is 4.39. The minimum atomic E-state index is -0.426. The van der Waals surface area contributed by atoms with E-state index in [1.807, 2.05) is 0 Å². The van der Waals surface area contributed by atoms with Crippen molar-refractivity contribution < 1.29 is 23.6 Å². The third-order valence-corrected chi connectivity index (χ3v) is 5.92. The van der Waals surface area contributed by atoms with Crippen LogP contribution >= 0.6 is 0 Å². The quantitative estimate of drug-likeness (QED) is 0.537. The van der Waals surface area contributed by atoms with E-state index in [1.54, 1.807) is 0 Å². The Labute approximate surface area is 185 Å². The number of rotatable bonds is 6. The van der Waals surface area contributed by atoms with Crippen LogP contribution in [0.15, 0.2) is 42.5 Å². The molecule has 1 fully saturated rings. The van der Waals surface area contributed by atoms with Gasteiger partial charge < -0.3 is 10.6 Å². The van der Waals surface area contributed by atoms with E-state index >= 15 is 0 Å². The van der Waals surface area contributed by atoms with Crippen molar-refractivity contribution in [3.63, 3.8) is 0 Å². The number of hydrogen-bond donors (Lipinski definition) is 2. The molecule has 2 aromatic carbocycles. The van der Waals surface area contributed by atoms with Crippen LogP contribution in [-0.2, 0) is 0 Å². The fourth-order valence-electron chi connectivity index (χ4n) is 4.23. The summed E-state index contributed by atoms with van der Waals surface area (Å²) in [7, 11) is 0. The van der Waals surface area contributed by atoms with Gasteiger partial charge >= 0.3 is 0 Å². The van der Waals surface area contributed by atoms with Gasteiger partial charge in [-0.15, -0.1) is 0 Å². The lowest BCUT2D eigenvalue weighted by atomic mass is 9.94. The predicted molar refractivity (Wildman–Crippen MR) is 115 cm³/mol. The molecule has 0 bridgehead atoms. The zero-order valence-corrected chi connectivity index (χ0v) is 17.5. The SMILES string of the molecule is O=C(NCCNC(=O)c1ccc2c(c1)C(=O)N(C1CCCCC1)C2=O)c1ccc(F)cc1. The first-order chi connectivity index (χ1) is 15.5. The molecular formula is C24H24FN3O4. The zero-order valence-electron chi connectivity index (χ0n) is 17.5. The molecular weight excluding hydrogens is 413 g/mol. The highest BCUT2D eigenvalue weighted by molar-refractivity contribution is 6.22. The highest BCUT2D eigenvalue weighted by atomic mass is 19.1. The summed E-state index contributed by atoms with van der Waals surface area (Å²) in [4.78, 5) is 51.5. The van der Waals surface area contributed by atoms with Gasteiger partial charge in [0.15, 0.2) is 0 Å². The first-order valence-corrected chi connectivity index (χ1v) is 10.8. The van der Waals surface area contributed by atoms with E-state index in [-0.39, 0.29) is 48.0 Å². The van der Waals surface area contributed by atoms with E-state index in [2.05, 4.69) is 10.6 Å². The molecule has 0 atom stereocenters. The molecule has 1 aliphatic heterocycles. The van der Waals surface area contributed by atoms with Crippen LogP contribution in [0.25, 0.3) is 0 Å². The van der Waals surface area contributed by atoms with Crippen LogP contribution in [0.2, 0.25) is 0 Å². The van der Waals surface area contributed by atoms with Crippen molar-refractivity contribution in [1.29, 1.82) is 0 Å². The average molecular weight is 437 g/mol. The van der Waals surface area contributed by atoms with Gasteiger partial charge in [-0.1, -0.05) is 19.3 Å². The normalized spacial score (nSPS) is 16.1. The van der Waals surface area contributed by atoms with Gasteiger partial charge in [-0.05, 0) is 55.3 Å². The maximum Gasteiger partial charge on any atom is 0.261 e. The molecule has 166 valence electrons. The molecule has 0 radical (unpaired) electrons. The summed E-state index contributed by atoms with van der Waals surface area (Å²) in [6, 6.07) is 9.61. The number of imide groups is 1. The van der Waals surface area contributed by atoms with Crippen LogP contribution in [0.5, 0.6) is 0 Å². The Kier molecular flexibility index (Phi) is 6.30. The molecule has 0 saturated heterocycles. The Morgan fingerprint density at radius 3 is 2.03 bits per heavy atom. The monoisotopic (exact) mass is 437 g/mol. The van der Waals surface area contributed by atoms with Gasteiger partial charge in [0.25, 0.3) is 23.6 Å². The van der Waals surface area contributed by atoms with Gasteiger partial charge in [0, 0.05) is 30.3 Å². The van der Waals surface area contributed by atoms with E-state index in [9.17, 15) is 23.6 Å². The molecule has 1 saturated carbocycles. The van der Waals surface area contributed by atoms with Crippen molar-refractivity contribution in [2.75, 3.05) is 13.1 Å². The van der Waals surface area contributed by atoms with Crippen molar-refractivity contribution in [3.05, 3.63) is 70.5 Å². The molecule has 2 N–H and O–H groups in total. The van der Waals surface area contributed by atoms with Crippen LogP contribution in [0.1, 0.15) is 73.5 Å². The maximum atomic E-state index is 12.9. The molecule has 8 heteroatoms. The minimum absolute atomic E-state index is 0.0712. The molecule has 0 unspecified atom stereocenters. The number of carbonyl (C=O) groups excluding carboxylic acids is 4. The second kappa shape index (κ2) is 9.30. The summed E-state index contributed by atoms with van der Waals surface area (Å²) in [5.41, 5.74) is 1.20. The molecule has 0 spiro atoms. The van der Waals surface area contributed by atoms with Crippen molar-refractivity contribution in [3.8, 4) is 0 Å². The lowest BCUT2D eigenvalue weighted by Gasteiger charge is -2.29. The smallest absolute Gasteiger partial charge is 0.261 e. The first kappa shape index (κ1) is 21.7. The summed E-state index contributed by atoms with van der Waals surface area (Å²) in [6.45, 7) is 0.351. The van der Waals surface area contributed by atoms with Crippen LogP contribution < -0.4 is 10.6 Å². The third-order valence-electron chi connectivity index (χ3n) is 5.92. The lowest BCUT2D eigenvalue weighted by Crippen LogP contribution is -2.40. The molecule has 2 aromatic rings. The van der Waals surface area contributed by atoms with Crippen LogP contribution in [0, 0.1) is 5.82 Å². The molecule has 4 amide bonds. The Morgan fingerprint density at radius 2 is 1.38 bits per heavy atom. The van der Waals surface area contributed by atoms with Crippen molar-refractivity contribution in [1.82, 2.24) is 15.5 Å². The van der Waals surface area contributed by atoms with Crippen molar-refractivity contribution in [2.45, 2.75) is 38.1 Å². The summed E-state index contributed by atoms with van der Waals surface area (Å²) in [5.74, 6) is -1.82. The van der Waals surface area contributed by atoms with Crippen LogP contribution in [0.3, 0.4) is 0 Å². The highest BCUT2D eigenvalue weighted by Crippen LogP contribution is 2.31. The Balaban J connectivity index is 1.33. The predicted octanol–water partition coefficient (Wildman–Crippen LogP) is 2.91. The van der Waals surface area contributed by atoms with Gasteiger partial charge in [-0.2, -0.15) is 0 Å². The van der Waals surface area contributed by atoms with E-state index in [4.69, 9.17) is 0 Å². The lowest BCUT2D eigenvalue weighted by molar-refractivity contribution is 0.0548. The molecule has 2 aliphatic rings. The topological polar surface area (TPSA) is 95.6 Å². The summed E-state index contributed by atoms with van der Waals surface area (Å²) in [6.07, 6.45) is 4.77. The Bertz CT molecular complexity index is 1060. The molecule has 0 aromatic heterocycles. The number of nitrogens with one attached hydrogen (secondary N) is 2. The number of nitrogens with zero attached hydrogens (tertiary/aromatic N) is 1. The van der Waals surface area contributed by atoms with Crippen LogP contribution in [-0.4, -0.2) is 47.7 Å². The van der Waals surface area contributed by atoms with Gasteiger partial charge in [0.05, 0.1) is 11.1 Å². The second-order valence-corrected chi connectivity index (χ2v) is 8.05. The maximum absolute atomic E-state index is 12.9. The summed E-state index contributed by atoms with van der Waals surface area (Å²) < 4.78 is 12.9. The molecule has 1 aliphatic carbocycles. The number of halogens is 1. The Hall–Kier alpha value is -3.55. The number of hydrogen-bond acceptors (Lipinski definition) is 4.